The fourth-order valence-electron chi connectivity index (χ4n) is 3.23. The summed E-state index contributed by atoms with van der Waals surface area (Å²) in [4.78, 5) is 13.2. The second kappa shape index (κ2) is 9.34. The number of hydrogen-bond acceptors (Lipinski definition) is 4. The van der Waals surface area contributed by atoms with Crippen LogP contribution in [0.25, 0.3) is 0 Å². The molecule has 0 spiro atoms. The van der Waals surface area contributed by atoms with Crippen LogP contribution in [-0.4, -0.2) is 58.5 Å². The zero-order valence-electron chi connectivity index (χ0n) is 16.2. The van der Waals surface area contributed by atoms with Gasteiger partial charge in [0.15, 0.2) is 6.54 Å². The number of amides is 1. The number of nitrogens with one attached hydrogen (secondary N) is 2. The van der Waals surface area contributed by atoms with Gasteiger partial charge in [0.25, 0.3) is 5.91 Å². The van der Waals surface area contributed by atoms with Gasteiger partial charge >= 0.3 is 0 Å². The number of hydrogen-bond donors (Lipinski definition) is 2. The SMILES string of the molecule is COc1ccc(CNC(=O)C[NH+]2CCN(S(=O)(=O)c3cccc(F)c3)CC2)cc1. The summed E-state index contributed by atoms with van der Waals surface area (Å²) in [5.74, 6) is 0.0942. The van der Waals surface area contributed by atoms with Crippen molar-refractivity contribution in [3.8, 4) is 5.75 Å². The van der Waals surface area contributed by atoms with Gasteiger partial charge in [0.05, 0.1) is 38.2 Å². The Kier molecular flexibility index (Phi) is 6.83. The lowest BCUT2D eigenvalue weighted by Crippen LogP contribution is -3.15. The average molecular weight is 423 g/mol. The van der Waals surface area contributed by atoms with E-state index < -0.39 is 15.8 Å². The number of methoxy groups -OCH3 is 1. The van der Waals surface area contributed by atoms with Crippen LogP contribution >= 0.6 is 0 Å². The Bertz CT molecular complexity index is 942. The molecule has 1 saturated heterocycles. The summed E-state index contributed by atoms with van der Waals surface area (Å²) in [6, 6.07) is 12.5. The van der Waals surface area contributed by atoms with Crippen molar-refractivity contribution >= 4 is 15.9 Å². The van der Waals surface area contributed by atoms with Crippen LogP contribution in [0.15, 0.2) is 53.4 Å². The smallest absolute Gasteiger partial charge is 0.275 e. The Labute approximate surface area is 170 Å². The van der Waals surface area contributed by atoms with E-state index in [1.807, 2.05) is 24.3 Å². The van der Waals surface area contributed by atoms with E-state index in [4.69, 9.17) is 4.74 Å². The van der Waals surface area contributed by atoms with Crippen LogP contribution in [0.4, 0.5) is 4.39 Å². The van der Waals surface area contributed by atoms with E-state index in [-0.39, 0.29) is 17.3 Å². The van der Waals surface area contributed by atoms with Crippen LogP contribution in [0.5, 0.6) is 5.75 Å². The molecule has 1 aliphatic rings. The Balaban J connectivity index is 1.47. The molecule has 2 N–H and O–H groups in total. The van der Waals surface area contributed by atoms with E-state index in [0.717, 1.165) is 22.3 Å². The molecule has 1 aliphatic heterocycles. The number of piperazine rings is 1. The summed E-state index contributed by atoms with van der Waals surface area (Å²) in [7, 11) is -2.12. The summed E-state index contributed by atoms with van der Waals surface area (Å²) in [6.07, 6.45) is 0. The molecule has 29 heavy (non-hydrogen) atoms. The Morgan fingerprint density at radius 2 is 1.86 bits per heavy atom. The molecule has 1 fully saturated rings. The number of nitrogens with zero attached hydrogens (tertiary/aromatic N) is 1. The van der Waals surface area contributed by atoms with Gasteiger partial charge in [-0.25, -0.2) is 12.8 Å². The molecule has 1 amide bonds. The predicted molar refractivity (Wildman–Crippen MR) is 106 cm³/mol. The number of sulfonamides is 1. The molecule has 0 radical (unpaired) electrons. The highest BCUT2D eigenvalue weighted by Crippen LogP contribution is 2.16. The lowest BCUT2D eigenvalue weighted by molar-refractivity contribution is -0.895. The third-order valence-electron chi connectivity index (χ3n) is 4.92. The van der Waals surface area contributed by atoms with E-state index in [1.165, 1.54) is 22.5 Å². The fraction of sp³-hybridized carbons (Fsp3) is 0.350. The largest absolute Gasteiger partial charge is 0.497 e. The van der Waals surface area contributed by atoms with Gasteiger partial charge in [-0.2, -0.15) is 4.31 Å². The molecule has 0 aromatic heterocycles. The quantitative estimate of drug-likeness (QED) is 0.660. The molecule has 7 nitrogen and oxygen atoms in total. The molecule has 3 rings (SSSR count). The van der Waals surface area contributed by atoms with Crippen molar-refractivity contribution in [1.29, 1.82) is 0 Å². The van der Waals surface area contributed by atoms with E-state index >= 15 is 0 Å². The van der Waals surface area contributed by atoms with E-state index in [2.05, 4.69) is 5.32 Å². The Morgan fingerprint density at radius 3 is 2.48 bits per heavy atom. The zero-order valence-corrected chi connectivity index (χ0v) is 17.0. The van der Waals surface area contributed by atoms with Gasteiger partial charge in [-0.15, -0.1) is 0 Å². The molecule has 156 valence electrons. The molecule has 0 unspecified atom stereocenters. The number of ether oxygens (including phenoxy) is 1. The summed E-state index contributed by atoms with van der Waals surface area (Å²) in [6.45, 7) is 2.33. The first kappa shape index (κ1) is 21.2. The second-order valence-corrected chi connectivity index (χ2v) is 8.85. The normalized spacial score (nSPS) is 15.8. The number of carbonyl (C=O) groups excluding carboxylic acids is 1. The highest BCUT2D eigenvalue weighted by molar-refractivity contribution is 7.89. The summed E-state index contributed by atoms with van der Waals surface area (Å²) >= 11 is 0. The van der Waals surface area contributed by atoms with Crippen LogP contribution in [-0.2, 0) is 21.4 Å². The number of halogens is 1. The first-order valence-corrected chi connectivity index (χ1v) is 10.8. The highest BCUT2D eigenvalue weighted by atomic mass is 32.2. The molecule has 9 heteroatoms. The minimum Gasteiger partial charge on any atom is -0.497 e. The fourth-order valence-corrected chi connectivity index (χ4v) is 4.70. The van der Waals surface area contributed by atoms with Gasteiger partial charge in [-0.3, -0.25) is 4.79 Å². The molecule has 0 saturated carbocycles. The maximum atomic E-state index is 13.4. The van der Waals surface area contributed by atoms with Crippen LogP contribution in [0.1, 0.15) is 5.56 Å². The first-order chi connectivity index (χ1) is 13.9. The van der Waals surface area contributed by atoms with Gasteiger partial charge in [0, 0.05) is 6.54 Å². The minimum absolute atomic E-state index is 0.0433. The van der Waals surface area contributed by atoms with Crippen molar-refractivity contribution in [2.45, 2.75) is 11.4 Å². The van der Waals surface area contributed by atoms with Crippen molar-refractivity contribution in [1.82, 2.24) is 9.62 Å². The highest BCUT2D eigenvalue weighted by Gasteiger charge is 2.31. The number of rotatable bonds is 7. The monoisotopic (exact) mass is 422 g/mol. The average Bonchev–Trinajstić information content (AvgIpc) is 2.73. The molecule has 2 aromatic rings. The number of quaternary nitrogens is 1. The minimum atomic E-state index is -3.72. The van der Waals surface area contributed by atoms with Gasteiger partial charge in [0.1, 0.15) is 11.6 Å². The summed E-state index contributed by atoms with van der Waals surface area (Å²) in [5, 5.41) is 2.88. The van der Waals surface area contributed by atoms with Crippen LogP contribution in [0.2, 0.25) is 0 Å². The third kappa shape index (κ3) is 5.53. The first-order valence-electron chi connectivity index (χ1n) is 9.37. The molecule has 0 bridgehead atoms. The van der Waals surface area contributed by atoms with Gasteiger partial charge in [0.2, 0.25) is 10.0 Å². The topological polar surface area (TPSA) is 80.2 Å². The van der Waals surface area contributed by atoms with Crippen molar-refractivity contribution < 1.29 is 27.2 Å². The predicted octanol–water partition coefficient (Wildman–Crippen LogP) is 0.0399. The van der Waals surface area contributed by atoms with E-state index in [9.17, 15) is 17.6 Å². The molecule has 2 aromatic carbocycles. The summed E-state index contributed by atoms with van der Waals surface area (Å²) in [5.41, 5.74) is 0.972. The van der Waals surface area contributed by atoms with E-state index in [1.54, 1.807) is 7.11 Å². The number of carbonyl (C=O) groups is 1. The Hall–Kier alpha value is -2.49. The lowest BCUT2D eigenvalue weighted by atomic mass is 10.2. The standard InChI is InChI=1S/C20H24FN3O4S/c1-28-18-7-5-16(6-8-18)14-22-20(25)15-23-9-11-24(12-10-23)29(26,27)19-4-2-3-17(21)13-19/h2-8,13H,9-12,14-15H2,1H3,(H,22,25)/p+1. The van der Waals surface area contributed by atoms with Crippen molar-refractivity contribution in [3.05, 3.63) is 59.9 Å². The maximum Gasteiger partial charge on any atom is 0.275 e. The lowest BCUT2D eigenvalue weighted by Gasteiger charge is -2.31. The second-order valence-electron chi connectivity index (χ2n) is 6.91. The molecule has 0 atom stereocenters. The molecular weight excluding hydrogens is 397 g/mol. The zero-order chi connectivity index (χ0) is 20.9. The van der Waals surface area contributed by atoms with Crippen LogP contribution in [0.3, 0.4) is 0 Å². The van der Waals surface area contributed by atoms with Crippen molar-refractivity contribution in [3.63, 3.8) is 0 Å². The summed E-state index contributed by atoms with van der Waals surface area (Å²) < 4.78 is 45.1. The van der Waals surface area contributed by atoms with Gasteiger partial charge < -0.3 is 15.0 Å². The van der Waals surface area contributed by atoms with Gasteiger partial charge in [-0.05, 0) is 35.9 Å². The molecule has 1 heterocycles. The maximum absolute atomic E-state index is 13.4. The molecule has 0 aliphatic carbocycles. The van der Waals surface area contributed by atoms with Crippen LogP contribution < -0.4 is 15.0 Å². The van der Waals surface area contributed by atoms with E-state index in [0.29, 0.717) is 32.7 Å². The van der Waals surface area contributed by atoms with Crippen molar-refractivity contribution in [2.75, 3.05) is 39.8 Å². The van der Waals surface area contributed by atoms with Crippen molar-refractivity contribution in [2.24, 2.45) is 0 Å². The van der Waals surface area contributed by atoms with Gasteiger partial charge in [-0.1, -0.05) is 18.2 Å². The molecular formula is C20H25FN3O4S+. The number of benzene rings is 2. The van der Waals surface area contributed by atoms with Crippen LogP contribution in [0, 0.1) is 5.82 Å². The Morgan fingerprint density at radius 1 is 1.17 bits per heavy atom. The third-order valence-corrected chi connectivity index (χ3v) is 6.82.